The molecule has 2 aromatic heterocycles. The summed E-state index contributed by atoms with van der Waals surface area (Å²) < 4.78 is 11.1. The Hall–Kier alpha value is -3.26. The van der Waals surface area contributed by atoms with E-state index in [1.165, 1.54) is 0 Å². The quantitative estimate of drug-likeness (QED) is 0.589. The van der Waals surface area contributed by atoms with Crippen molar-refractivity contribution in [1.29, 1.82) is 0 Å². The summed E-state index contributed by atoms with van der Waals surface area (Å²) >= 11 is 0. The minimum absolute atomic E-state index is 0.0925. The molecule has 0 bridgehead atoms. The lowest BCUT2D eigenvalue weighted by molar-refractivity contribution is 0.0995. The van der Waals surface area contributed by atoms with Crippen LogP contribution in [0.1, 0.15) is 23.7 Å². The van der Waals surface area contributed by atoms with E-state index in [1.54, 1.807) is 36.4 Å². The molecule has 8 nitrogen and oxygen atoms in total. The first-order chi connectivity index (χ1) is 13.2. The van der Waals surface area contributed by atoms with Crippen LogP contribution in [0.15, 0.2) is 42.5 Å². The predicted molar refractivity (Wildman–Crippen MR) is 103 cm³/mol. The summed E-state index contributed by atoms with van der Waals surface area (Å²) in [5, 5.41) is 2.76. The molecule has 140 valence electrons. The minimum atomic E-state index is -0.255. The highest BCUT2D eigenvalue weighted by molar-refractivity contribution is 6.04. The third-order valence-corrected chi connectivity index (χ3v) is 3.62. The summed E-state index contributed by atoms with van der Waals surface area (Å²) in [5.41, 5.74) is 7.23. The Labute approximate surface area is 156 Å². The second-order valence-electron chi connectivity index (χ2n) is 5.73. The molecule has 0 saturated heterocycles. The fourth-order valence-electron chi connectivity index (χ4n) is 2.40. The molecule has 3 N–H and O–H groups in total. The molecule has 0 aliphatic carbocycles. The second kappa shape index (κ2) is 8.91. The molecular weight excluding hydrogens is 346 g/mol. The molecule has 2 heterocycles. The Morgan fingerprint density at radius 3 is 2.63 bits per heavy atom. The summed E-state index contributed by atoms with van der Waals surface area (Å²) in [6.07, 6.45) is 0.940. The molecule has 0 fully saturated rings. The number of nitrogens with two attached hydrogens (primary N) is 1. The van der Waals surface area contributed by atoms with Crippen molar-refractivity contribution in [2.24, 2.45) is 0 Å². The lowest BCUT2D eigenvalue weighted by Gasteiger charge is -2.10. The van der Waals surface area contributed by atoms with E-state index in [4.69, 9.17) is 15.2 Å². The van der Waals surface area contributed by atoms with Crippen LogP contribution < -0.4 is 15.8 Å². The molecule has 3 aromatic rings. The smallest absolute Gasteiger partial charge is 0.256 e. The highest BCUT2D eigenvalue weighted by Crippen LogP contribution is 2.23. The number of aromatic nitrogens is 3. The zero-order valence-corrected chi connectivity index (χ0v) is 15.0. The number of nitrogen functional groups attached to an aromatic ring is 1. The van der Waals surface area contributed by atoms with Crippen LogP contribution in [0, 0.1) is 0 Å². The first kappa shape index (κ1) is 18.5. The van der Waals surface area contributed by atoms with E-state index in [2.05, 4.69) is 20.3 Å². The second-order valence-corrected chi connectivity index (χ2v) is 5.73. The zero-order valence-electron chi connectivity index (χ0n) is 15.0. The average molecular weight is 367 g/mol. The summed E-state index contributed by atoms with van der Waals surface area (Å²) in [6.45, 7) is 3.45. The van der Waals surface area contributed by atoms with Crippen molar-refractivity contribution in [2.75, 3.05) is 30.9 Å². The van der Waals surface area contributed by atoms with Gasteiger partial charge in [0, 0.05) is 12.2 Å². The number of amides is 1. The van der Waals surface area contributed by atoms with Gasteiger partial charge in [0.15, 0.2) is 5.52 Å². The zero-order chi connectivity index (χ0) is 19.1. The molecule has 27 heavy (non-hydrogen) atoms. The first-order valence-corrected chi connectivity index (χ1v) is 8.68. The van der Waals surface area contributed by atoms with Crippen LogP contribution >= 0.6 is 0 Å². The van der Waals surface area contributed by atoms with E-state index in [1.807, 2.05) is 13.0 Å². The number of nitrogens with zero attached hydrogens (tertiary/aromatic N) is 3. The van der Waals surface area contributed by atoms with Gasteiger partial charge < -0.3 is 20.5 Å². The van der Waals surface area contributed by atoms with Crippen molar-refractivity contribution in [3.63, 3.8) is 0 Å². The number of pyridine rings is 1. The number of rotatable bonds is 8. The van der Waals surface area contributed by atoms with Gasteiger partial charge in [-0.2, -0.15) is 4.98 Å². The van der Waals surface area contributed by atoms with Crippen molar-refractivity contribution in [2.45, 2.75) is 13.3 Å². The molecule has 0 aliphatic rings. The Kier molecular flexibility index (Phi) is 6.11. The SMILES string of the molecule is CCCOCCOc1nc(N)nc2ccc(NC(=O)c3ccccc3)nc12. The topological polar surface area (TPSA) is 112 Å². The van der Waals surface area contributed by atoms with E-state index >= 15 is 0 Å². The first-order valence-electron chi connectivity index (χ1n) is 8.68. The lowest BCUT2D eigenvalue weighted by Crippen LogP contribution is -2.13. The van der Waals surface area contributed by atoms with Crippen LogP contribution in [0.2, 0.25) is 0 Å². The molecule has 0 spiro atoms. The molecule has 0 aliphatic heterocycles. The van der Waals surface area contributed by atoms with Crippen LogP contribution in [0.4, 0.5) is 11.8 Å². The third kappa shape index (κ3) is 4.89. The van der Waals surface area contributed by atoms with Crippen LogP contribution in [0.3, 0.4) is 0 Å². The maximum Gasteiger partial charge on any atom is 0.256 e. The summed E-state index contributed by atoms with van der Waals surface area (Å²) in [5.74, 6) is 0.467. The van der Waals surface area contributed by atoms with Gasteiger partial charge in [0.25, 0.3) is 5.91 Å². The summed E-state index contributed by atoms with van der Waals surface area (Å²) in [6, 6.07) is 12.3. The number of carbonyl (C=O) groups is 1. The fourth-order valence-corrected chi connectivity index (χ4v) is 2.40. The Morgan fingerprint density at radius 2 is 1.85 bits per heavy atom. The number of nitrogens with one attached hydrogen (secondary N) is 1. The van der Waals surface area contributed by atoms with Gasteiger partial charge in [-0.25, -0.2) is 9.97 Å². The van der Waals surface area contributed by atoms with Crippen molar-refractivity contribution in [3.8, 4) is 5.88 Å². The van der Waals surface area contributed by atoms with Crippen LogP contribution in [0.5, 0.6) is 5.88 Å². The number of ether oxygens (including phenoxy) is 2. The Bertz CT molecular complexity index is 918. The van der Waals surface area contributed by atoms with Crippen LogP contribution in [-0.4, -0.2) is 40.7 Å². The molecule has 1 amide bonds. The molecule has 1 aromatic carbocycles. The number of fused-ring (bicyclic) bond motifs is 1. The highest BCUT2D eigenvalue weighted by Gasteiger charge is 2.12. The van der Waals surface area contributed by atoms with Gasteiger partial charge in [0.1, 0.15) is 12.4 Å². The van der Waals surface area contributed by atoms with Gasteiger partial charge in [0.2, 0.25) is 11.8 Å². The van der Waals surface area contributed by atoms with E-state index in [0.29, 0.717) is 42.2 Å². The van der Waals surface area contributed by atoms with Gasteiger partial charge in [-0.3, -0.25) is 4.79 Å². The van der Waals surface area contributed by atoms with Crippen LogP contribution in [-0.2, 0) is 4.74 Å². The average Bonchev–Trinajstić information content (AvgIpc) is 2.68. The van der Waals surface area contributed by atoms with Crippen molar-refractivity contribution in [1.82, 2.24) is 15.0 Å². The molecule has 0 atom stereocenters. The van der Waals surface area contributed by atoms with Gasteiger partial charge >= 0.3 is 0 Å². The van der Waals surface area contributed by atoms with Crippen molar-refractivity contribution in [3.05, 3.63) is 48.0 Å². The molecular formula is C19H21N5O3. The molecule has 3 rings (SSSR count). The predicted octanol–water partition coefficient (Wildman–Crippen LogP) is 2.66. The van der Waals surface area contributed by atoms with Crippen molar-refractivity contribution < 1.29 is 14.3 Å². The van der Waals surface area contributed by atoms with E-state index in [-0.39, 0.29) is 17.7 Å². The Balaban J connectivity index is 1.79. The number of carbonyl (C=O) groups excluding carboxylic acids is 1. The van der Waals surface area contributed by atoms with E-state index < -0.39 is 0 Å². The maximum atomic E-state index is 12.3. The molecule has 0 saturated carbocycles. The minimum Gasteiger partial charge on any atom is -0.474 e. The van der Waals surface area contributed by atoms with Gasteiger partial charge in [-0.1, -0.05) is 25.1 Å². The Morgan fingerprint density at radius 1 is 1.04 bits per heavy atom. The summed E-state index contributed by atoms with van der Waals surface area (Å²) in [4.78, 5) is 25.0. The standard InChI is InChI=1S/C19H21N5O3/c1-2-10-26-11-12-27-18-16-14(21-19(20)24-18)8-9-15(22-16)23-17(25)13-6-4-3-5-7-13/h3-9H,2,10-12H2,1H3,(H2,20,21,24)(H,22,23,25). The van der Waals surface area contributed by atoms with Gasteiger partial charge in [-0.15, -0.1) is 0 Å². The van der Waals surface area contributed by atoms with Gasteiger partial charge in [0.05, 0.1) is 12.1 Å². The van der Waals surface area contributed by atoms with E-state index in [0.717, 1.165) is 6.42 Å². The number of anilines is 2. The highest BCUT2D eigenvalue weighted by atomic mass is 16.5. The normalized spacial score (nSPS) is 10.7. The monoisotopic (exact) mass is 367 g/mol. The summed E-state index contributed by atoms with van der Waals surface area (Å²) in [7, 11) is 0. The molecule has 0 unspecified atom stereocenters. The number of benzene rings is 1. The number of hydrogen-bond acceptors (Lipinski definition) is 7. The molecule has 0 radical (unpaired) electrons. The largest absolute Gasteiger partial charge is 0.474 e. The van der Waals surface area contributed by atoms with Crippen molar-refractivity contribution >= 4 is 28.7 Å². The van der Waals surface area contributed by atoms with Crippen LogP contribution in [0.25, 0.3) is 11.0 Å². The fraction of sp³-hybridized carbons (Fsp3) is 0.263. The maximum absolute atomic E-state index is 12.3. The van der Waals surface area contributed by atoms with Gasteiger partial charge in [-0.05, 0) is 30.7 Å². The lowest BCUT2D eigenvalue weighted by atomic mass is 10.2. The molecule has 8 heteroatoms. The number of hydrogen-bond donors (Lipinski definition) is 2. The third-order valence-electron chi connectivity index (χ3n) is 3.62. The van der Waals surface area contributed by atoms with E-state index in [9.17, 15) is 4.79 Å².